The summed E-state index contributed by atoms with van der Waals surface area (Å²) in [5.74, 6) is 0.706. The predicted octanol–water partition coefficient (Wildman–Crippen LogP) is 14.8. The molecule has 0 saturated heterocycles. The van der Waals surface area contributed by atoms with Crippen molar-refractivity contribution >= 4 is 22.5 Å². The van der Waals surface area contributed by atoms with Crippen LogP contribution in [0.1, 0.15) is 22.3 Å². The Bertz CT molecular complexity index is 3280. The van der Waals surface area contributed by atoms with Crippen LogP contribution in [0.2, 0.25) is 0 Å². The molecule has 0 fully saturated rings. The van der Waals surface area contributed by atoms with E-state index < -0.39 is 5.41 Å². The molecular weight excluding hydrogens is 745 g/mol. The smallest absolute Gasteiger partial charge is 0.160 e. The number of hydrogen-bond acceptors (Lipinski definition) is 3. The average Bonchev–Trinajstić information content (AvgIpc) is 3.62. The van der Waals surface area contributed by atoms with Gasteiger partial charge in [-0.3, -0.25) is 0 Å². The molecule has 12 rings (SSSR count). The largest absolute Gasteiger partial charge is 0.228 e. The first-order valence-electron chi connectivity index (χ1n) is 20.5. The zero-order valence-corrected chi connectivity index (χ0v) is 33.4. The topological polar surface area (TPSA) is 25.8 Å². The standard InChI is InChI=1S/C57H36N2S/c1-3-16-38(17-4-1)44-25-14-30-50-55(44)60-53-31-12-11-28-48(53)57(50)47-27-10-9-23-45(47)54-46(26-15-29-49(54)57)52-36-51(58-56(59-52)41-19-5-2-6-20-41)40-34-32-39(33-35-40)43-24-13-21-37-18-7-8-22-42(37)43/h1-36H. The molecule has 0 amide bonds. The van der Waals surface area contributed by atoms with Crippen molar-refractivity contribution in [2.45, 2.75) is 15.2 Å². The maximum Gasteiger partial charge on any atom is 0.160 e. The normalized spacial score (nSPS) is 14.7. The van der Waals surface area contributed by atoms with E-state index in [2.05, 4.69) is 212 Å². The number of rotatable bonds is 5. The van der Waals surface area contributed by atoms with Crippen LogP contribution in [0, 0.1) is 0 Å². The lowest BCUT2D eigenvalue weighted by Crippen LogP contribution is -2.32. The lowest BCUT2D eigenvalue weighted by atomic mass is 9.67. The minimum absolute atomic E-state index is 0.528. The van der Waals surface area contributed by atoms with Crippen LogP contribution in [0.3, 0.4) is 0 Å². The minimum atomic E-state index is -0.528. The summed E-state index contributed by atoms with van der Waals surface area (Å²) >= 11 is 1.89. The lowest BCUT2D eigenvalue weighted by Gasteiger charge is -2.40. The fourth-order valence-corrected chi connectivity index (χ4v) is 11.1. The van der Waals surface area contributed by atoms with Gasteiger partial charge in [0, 0.05) is 26.5 Å². The predicted molar refractivity (Wildman–Crippen MR) is 248 cm³/mol. The van der Waals surface area contributed by atoms with Gasteiger partial charge in [0.25, 0.3) is 0 Å². The molecule has 0 bridgehead atoms. The molecule has 0 saturated carbocycles. The second-order valence-electron chi connectivity index (χ2n) is 15.6. The Hall–Kier alpha value is -7.33. The maximum atomic E-state index is 5.41. The Morgan fingerprint density at radius 1 is 0.350 bits per heavy atom. The highest BCUT2D eigenvalue weighted by molar-refractivity contribution is 7.99. The van der Waals surface area contributed by atoms with Gasteiger partial charge in [-0.15, -0.1) is 0 Å². The molecule has 60 heavy (non-hydrogen) atoms. The molecule has 1 atom stereocenters. The summed E-state index contributed by atoms with van der Waals surface area (Å²) in [5.41, 5.74) is 16.9. The second-order valence-corrected chi connectivity index (χ2v) is 16.7. The summed E-state index contributed by atoms with van der Waals surface area (Å²) in [4.78, 5) is 13.3. The summed E-state index contributed by atoms with van der Waals surface area (Å²) < 4.78 is 0. The van der Waals surface area contributed by atoms with Gasteiger partial charge in [0.2, 0.25) is 0 Å². The van der Waals surface area contributed by atoms with E-state index in [0.717, 1.165) is 28.1 Å². The first-order valence-corrected chi connectivity index (χ1v) is 21.3. The van der Waals surface area contributed by atoms with E-state index in [1.807, 2.05) is 17.8 Å². The molecule has 0 radical (unpaired) electrons. The number of aromatic nitrogens is 2. The molecule has 2 nitrogen and oxygen atoms in total. The molecule has 1 unspecified atom stereocenters. The Labute approximate surface area is 353 Å². The van der Waals surface area contributed by atoms with Gasteiger partial charge in [-0.1, -0.05) is 218 Å². The van der Waals surface area contributed by atoms with Crippen molar-refractivity contribution in [3.8, 4) is 67.3 Å². The third kappa shape index (κ3) is 5.29. The van der Waals surface area contributed by atoms with Gasteiger partial charge >= 0.3 is 0 Å². The van der Waals surface area contributed by atoms with Crippen molar-refractivity contribution in [3.63, 3.8) is 0 Å². The molecule has 0 N–H and O–H groups in total. The zero-order chi connectivity index (χ0) is 39.6. The number of nitrogens with zero attached hydrogens (tertiary/aromatic N) is 2. The fraction of sp³-hybridized carbons (Fsp3) is 0.0175. The van der Waals surface area contributed by atoms with Gasteiger partial charge in [-0.2, -0.15) is 0 Å². The van der Waals surface area contributed by atoms with E-state index in [4.69, 9.17) is 9.97 Å². The molecule has 3 heteroatoms. The van der Waals surface area contributed by atoms with E-state index in [1.165, 1.54) is 76.2 Å². The van der Waals surface area contributed by atoms with Crippen molar-refractivity contribution in [1.29, 1.82) is 0 Å². The van der Waals surface area contributed by atoms with Crippen LogP contribution < -0.4 is 0 Å². The van der Waals surface area contributed by atoms with Crippen molar-refractivity contribution in [2.24, 2.45) is 0 Å². The van der Waals surface area contributed by atoms with Gasteiger partial charge in [-0.25, -0.2) is 9.97 Å². The quantitative estimate of drug-likeness (QED) is 0.174. The highest BCUT2D eigenvalue weighted by Gasteiger charge is 2.51. The second kappa shape index (κ2) is 13.9. The summed E-state index contributed by atoms with van der Waals surface area (Å²) in [6.45, 7) is 0. The van der Waals surface area contributed by atoms with Crippen LogP contribution in [0.5, 0.6) is 0 Å². The van der Waals surface area contributed by atoms with Crippen LogP contribution in [-0.2, 0) is 5.41 Å². The van der Waals surface area contributed by atoms with Gasteiger partial charge in [0.05, 0.1) is 16.8 Å². The Balaban J connectivity index is 1.08. The Morgan fingerprint density at radius 2 is 0.900 bits per heavy atom. The average molecular weight is 781 g/mol. The van der Waals surface area contributed by atoms with E-state index in [1.54, 1.807) is 0 Å². The monoisotopic (exact) mass is 780 g/mol. The van der Waals surface area contributed by atoms with Crippen LogP contribution in [0.25, 0.3) is 78.1 Å². The summed E-state index contributed by atoms with van der Waals surface area (Å²) in [6.07, 6.45) is 0. The molecule has 10 aromatic rings. The number of fused-ring (bicyclic) bond motifs is 10. The van der Waals surface area contributed by atoms with Crippen LogP contribution in [-0.4, -0.2) is 9.97 Å². The Morgan fingerprint density at radius 3 is 1.73 bits per heavy atom. The van der Waals surface area contributed by atoms with Gasteiger partial charge in [0.15, 0.2) is 5.82 Å². The van der Waals surface area contributed by atoms with Crippen molar-refractivity contribution < 1.29 is 0 Å². The van der Waals surface area contributed by atoms with E-state index >= 15 is 0 Å². The van der Waals surface area contributed by atoms with E-state index in [-0.39, 0.29) is 0 Å². The van der Waals surface area contributed by atoms with E-state index in [0.29, 0.717) is 5.82 Å². The molecule has 1 aliphatic heterocycles. The number of hydrogen-bond donors (Lipinski definition) is 0. The molecule has 280 valence electrons. The highest BCUT2D eigenvalue weighted by atomic mass is 32.2. The molecule has 2 heterocycles. The molecule has 1 aromatic heterocycles. The SMILES string of the molecule is c1ccc(-c2nc(-c3ccc(-c4cccc5ccccc45)cc3)cc(-c3cccc4c3-c3ccccc3C43c4ccccc4Sc4c(-c5ccccc5)cccc43)n2)cc1. The summed E-state index contributed by atoms with van der Waals surface area (Å²) in [5, 5.41) is 2.49. The van der Waals surface area contributed by atoms with Gasteiger partial charge in [-0.05, 0) is 78.5 Å². The van der Waals surface area contributed by atoms with E-state index in [9.17, 15) is 0 Å². The molecule has 9 aromatic carbocycles. The molecule has 1 aliphatic carbocycles. The van der Waals surface area contributed by atoms with Gasteiger partial charge < -0.3 is 0 Å². The lowest BCUT2D eigenvalue weighted by molar-refractivity contribution is 0.723. The molecule has 1 spiro atoms. The maximum absolute atomic E-state index is 5.41. The molecular formula is C57H36N2S. The summed E-state index contributed by atoms with van der Waals surface area (Å²) in [7, 11) is 0. The molecule has 2 aliphatic rings. The van der Waals surface area contributed by atoms with Crippen LogP contribution >= 0.6 is 11.8 Å². The minimum Gasteiger partial charge on any atom is -0.228 e. The third-order valence-corrected chi connectivity index (χ3v) is 13.6. The fourth-order valence-electron chi connectivity index (χ4n) is 9.78. The van der Waals surface area contributed by atoms with Crippen LogP contribution in [0.4, 0.5) is 0 Å². The van der Waals surface area contributed by atoms with Crippen molar-refractivity contribution in [2.75, 3.05) is 0 Å². The Kier molecular flexibility index (Phi) is 8.04. The number of benzene rings is 9. The van der Waals surface area contributed by atoms with Gasteiger partial charge in [0.1, 0.15) is 0 Å². The van der Waals surface area contributed by atoms with Crippen LogP contribution in [0.15, 0.2) is 228 Å². The summed E-state index contributed by atoms with van der Waals surface area (Å²) in [6, 6.07) is 79.1. The third-order valence-electron chi connectivity index (χ3n) is 12.4. The van der Waals surface area contributed by atoms with Crippen molar-refractivity contribution in [1.82, 2.24) is 9.97 Å². The van der Waals surface area contributed by atoms with Crippen molar-refractivity contribution in [3.05, 3.63) is 241 Å². The first-order chi connectivity index (χ1) is 29.8. The highest BCUT2D eigenvalue weighted by Crippen LogP contribution is 2.64. The first kappa shape index (κ1) is 34.7. The zero-order valence-electron chi connectivity index (χ0n) is 32.6.